The molecule has 5 nitrogen and oxygen atoms in total. The lowest BCUT2D eigenvalue weighted by atomic mass is 10.1. The first-order chi connectivity index (χ1) is 8.68. The van der Waals surface area contributed by atoms with Gasteiger partial charge in [0.05, 0.1) is 10.6 Å². The molecule has 0 unspecified atom stereocenters. The van der Waals surface area contributed by atoms with Crippen LogP contribution in [0.15, 0.2) is 18.2 Å². The minimum Gasteiger partial charge on any atom is -0.486 e. The van der Waals surface area contributed by atoms with Crippen LogP contribution >= 0.6 is 12.2 Å². The number of nitrogens with one attached hydrogen (secondary N) is 1. The van der Waals surface area contributed by atoms with Gasteiger partial charge in [-0.05, 0) is 12.1 Å². The molecule has 0 fully saturated rings. The Morgan fingerprint density at radius 1 is 1.39 bits per heavy atom. The molecule has 2 rings (SSSR count). The predicted molar refractivity (Wildman–Crippen MR) is 71.2 cm³/mol. The van der Waals surface area contributed by atoms with Gasteiger partial charge in [0.2, 0.25) is 0 Å². The summed E-state index contributed by atoms with van der Waals surface area (Å²) in [7, 11) is 0. The summed E-state index contributed by atoms with van der Waals surface area (Å²) in [5.74, 6) is 0.883. The van der Waals surface area contributed by atoms with E-state index < -0.39 is 0 Å². The normalized spacial score (nSPS) is 12.9. The third-order valence-electron chi connectivity index (χ3n) is 2.47. The second-order valence-corrected chi connectivity index (χ2v) is 4.33. The molecule has 96 valence electrons. The number of hydrogen-bond donors (Lipinski definition) is 2. The van der Waals surface area contributed by atoms with E-state index in [0.717, 1.165) is 0 Å². The smallest absolute Gasteiger partial charge is 0.255 e. The number of rotatable bonds is 4. The van der Waals surface area contributed by atoms with E-state index in [1.165, 1.54) is 0 Å². The van der Waals surface area contributed by atoms with Crippen LogP contribution in [0.25, 0.3) is 0 Å². The number of thiocarbonyl (C=S) groups is 1. The topological polar surface area (TPSA) is 73.6 Å². The Morgan fingerprint density at radius 2 is 2.17 bits per heavy atom. The molecule has 0 atom stereocenters. The standard InChI is InChI=1S/C12H14N2O3S/c13-10(18)4-5-14-12(15)8-2-1-3-9-11(8)17-7-6-16-9/h1-3H,4-7H2,(H2,13,18)(H,14,15). The van der Waals surface area contributed by atoms with Crippen molar-refractivity contribution in [3.05, 3.63) is 23.8 Å². The zero-order valence-electron chi connectivity index (χ0n) is 9.77. The van der Waals surface area contributed by atoms with Gasteiger partial charge in [-0.3, -0.25) is 4.79 Å². The summed E-state index contributed by atoms with van der Waals surface area (Å²) >= 11 is 4.74. The summed E-state index contributed by atoms with van der Waals surface area (Å²) in [6.07, 6.45) is 0.480. The fourth-order valence-corrected chi connectivity index (χ4v) is 1.75. The van der Waals surface area contributed by atoms with Crippen LogP contribution in [0, 0.1) is 0 Å². The molecule has 0 radical (unpaired) electrons. The van der Waals surface area contributed by atoms with Gasteiger partial charge in [-0.1, -0.05) is 18.3 Å². The molecule has 0 saturated carbocycles. The largest absolute Gasteiger partial charge is 0.486 e. The van der Waals surface area contributed by atoms with Gasteiger partial charge in [0.15, 0.2) is 11.5 Å². The van der Waals surface area contributed by atoms with Crippen LogP contribution in [0.1, 0.15) is 16.8 Å². The van der Waals surface area contributed by atoms with Gasteiger partial charge in [0.25, 0.3) is 5.91 Å². The molecule has 1 aromatic carbocycles. The van der Waals surface area contributed by atoms with E-state index >= 15 is 0 Å². The zero-order chi connectivity index (χ0) is 13.0. The number of carbonyl (C=O) groups is 1. The highest BCUT2D eigenvalue weighted by molar-refractivity contribution is 7.80. The maximum atomic E-state index is 12.0. The van der Waals surface area contributed by atoms with Gasteiger partial charge >= 0.3 is 0 Å². The Kier molecular flexibility index (Phi) is 3.99. The van der Waals surface area contributed by atoms with Crippen LogP contribution in [-0.2, 0) is 0 Å². The summed E-state index contributed by atoms with van der Waals surface area (Å²) < 4.78 is 10.9. The molecule has 0 bridgehead atoms. The lowest BCUT2D eigenvalue weighted by Gasteiger charge is -2.20. The van der Waals surface area contributed by atoms with Crippen molar-refractivity contribution in [2.75, 3.05) is 19.8 Å². The average molecular weight is 266 g/mol. The first kappa shape index (κ1) is 12.6. The van der Waals surface area contributed by atoms with E-state index in [2.05, 4.69) is 5.32 Å². The van der Waals surface area contributed by atoms with E-state index in [-0.39, 0.29) is 5.91 Å². The van der Waals surface area contributed by atoms with Gasteiger partial charge in [-0.2, -0.15) is 0 Å². The SMILES string of the molecule is NC(=S)CCNC(=O)c1cccc2c1OCCO2. The Balaban J connectivity index is 2.08. The van der Waals surface area contributed by atoms with Gasteiger partial charge in [0.1, 0.15) is 13.2 Å². The molecule has 0 saturated heterocycles. The molecule has 1 aliphatic heterocycles. The number of amides is 1. The zero-order valence-corrected chi connectivity index (χ0v) is 10.6. The highest BCUT2D eigenvalue weighted by Crippen LogP contribution is 2.33. The van der Waals surface area contributed by atoms with Crippen LogP contribution < -0.4 is 20.5 Å². The average Bonchev–Trinajstić information content (AvgIpc) is 2.37. The number of nitrogens with two attached hydrogens (primary N) is 1. The summed E-state index contributed by atoms with van der Waals surface area (Å²) in [4.78, 5) is 12.3. The third-order valence-corrected chi connectivity index (χ3v) is 2.67. The Morgan fingerprint density at radius 3 is 2.94 bits per heavy atom. The Hall–Kier alpha value is -1.82. The van der Waals surface area contributed by atoms with Crippen molar-refractivity contribution in [2.24, 2.45) is 5.73 Å². The van der Waals surface area contributed by atoms with Crippen molar-refractivity contribution in [3.8, 4) is 11.5 Å². The van der Waals surface area contributed by atoms with Crippen molar-refractivity contribution in [1.29, 1.82) is 0 Å². The molecular formula is C12H14N2O3S. The molecule has 0 spiro atoms. The van der Waals surface area contributed by atoms with Crippen molar-refractivity contribution < 1.29 is 14.3 Å². The van der Waals surface area contributed by atoms with Crippen LogP contribution in [0.3, 0.4) is 0 Å². The summed E-state index contributed by atoms with van der Waals surface area (Å²) in [5.41, 5.74) is 5.83. The first-order valence-corrected chi connectivity index (χ1v) is 6.04. The second-order valence-electron chi connectivity index (χ2n) is 3.80. The fraction of sp³-hybridized carbons (Fsp3) is 0.333. The molecule has 0 aliphatic carbocycles. The Bertz CT molecular complexity index is 476. The van der Waals surface area contributed by atoms with Crippen LogP contribution in [0.2, 0.25) is 0 Å². The number of benzene rings is 1. The molecule has 1 amide bonds. The second kappa shape index (κ2) is 5.68. The predicted octanol–water partition coefficient (Wildman–Crippen LogP) is 0.864. The van der Waals surface area contributed by atoms with E-state index in [0.29, 0.717) is 48.2 Å². The highest BCUT2D eigenvalue weighted by atomic mass is 32.1. The molecule has 3 N–H and O–H groups in total. The summed E-state index contributed by atoms with van der Waals surface area (Å²) in [5, 5.41) is 2.74. The van der Waals surface area contributed by atoms with Crippen LogP contribution in [-0.4, -0.2) is 30.7 Å². The van der Waals surface area contributed by atoms with Crippen molar-refractivity contribution >= 4 is 23.1 Å². The molecule has 6 heteroatoms. The molecule has 18 heavy (non-hydrogen) atoms. The maximum absolute atomic E-state index is 12.0. The molecule has 1 aromatic rings. The van der Waals surface area contributed by atoms with Crippen LogP contribution in [0.4, 0.5) is 0 Å². The third kappa shape index (κ3) is 2.89. The van der Waals surface area contributed by atoms with Crippen molar-refractivity contribution in [2.45, 2.75) is 6.42 Å². The van der Waals surface area contributed by atoms with E-state index in [4.69, 9.17) is 27.4 Å². The number of para-hydroxylation sites is 1. The van der Waals surface area contributed by atoms with Gasteiger partial charge in [-0.15, -0.1) is 0 Å². The minimum atomic E-state index is -0.214. The Labute approximate surface area is 110 Å². The van der Waals surface area contributed by atoms with Gasteiger partial charge in [0, 0.05) is 13.0 Å². The lowest BCUT2D eigenvalue weighted by Crippen LogP contribution is -2.28. The molecule has 1 heterocycles. The van der Waals surface area contributed by atoms with E-state index in [9.17, 15) is 4.79 Å². The van der Waals surface area contributed by atoms with Gasteiger partial charge < -0.3 is 20.5 Å². The lowest BCUT2D eigenvalue weighted by molar-refractivity contribution is 0.0943. The van der Waals surface area contributed by atoms with E-state index in [1.54, 1.807) is 18.2 Å². The number of fused-ring (bicyclic) bond motifs is 1. The number of ether oxygens (including phenoxy) is 2. The quantitative estimate of drug-likeness (QED) is 0.791. The first-order valence-electron chi connectivity index (χ1n) is 5.63. The maximum Gasteiger partial charge on any atom is 0.255 e. The summed E-state index contributed by atoms with van der Waals surface area (Å²) in [6.45, 7) is 1.36. The fourth-order valence-electron chi connectivity index (χ4n) is 1.65. The number of carbonyl (C=O) groups excluding carboxylic acids is 1. The van der Waals surface area contributed by atoms with E-state index in [1.807, 2.05) is 0 Å². The van der Waals surface area contributed by atoms with Gasteiger partial charge in [-0.25, -0.2) is 0 Å². The number of hydrogen-bond acceptors (Lipinski definition) is 4. The molecular weight excluding hydrogens is 252 g/mol. The highest BCUT2D eigenvalue weighted by Gasteiger charge is 2.19. The van der Waals surface area contributed by atoms with Crippen molar-refractivity contribution in [1.82, 2.24) is 5.32 Å². The van der Waals surface area contributed by atoms with Crippen LogP contribution in [0.5, 0.6) is 11.5 Å². The monoisotopic (exact) mass is 266 g/mol. The minimum absolute atomic E-state index is 0.214. The molecule has 0 aromatic heterocycles. The molecule has 1 aliphatic rings. The summed E-state index contributed by atoms with van der Waals surface area (Å²) in [6, 6.07) is 5.24. The van der Waals surface area contributed by atoms with Crippen molar-refractivity contribution in [3.63, 3.8) is 0 Å².